The molecular formula is C16H26N2O4. The van der Waals surface area contributed by atoms with E-state index in [0.29, 0.717) is 12.8 Å². The number of aliphatic carboxylic acids is 2. The van der Waals surface area contributed by atoms with Gasteiger partial charge in [-0.05, 0) is 18.3 Å². The Balaban J connectivity index is 3.17. The fourth-order valence-corrected chi connectivity index (χ4v) is 2.61. The first-order valence-electron chi connectivity index (χ1n) is 7.66. The summed E-state index contributed by atoms with van der Waals surface area (Å²) in [4.78, 5) is 22.9. The molecule has 1 N–H and O–H groups in total. The molecule has 1 aromatic heterocycles. The van der Waals surface area contributed by atoms with Crippen molar-refractivity contribution >= 4 is 11.9 Å². The minimum atomic E-state index is -1.15. The van der Waals surface area contributed by atoms with E-state index in [0.717, 1.165) is 5.69 Å². The van der Waals surface area contributed by atoms with E-state index in [2.05, 4.69) is 0 Å². The summed E-state index contributed by atoms with van der Waals surface area (Å²) in [5, 5.41) is 20.8. The lowest BCUT2D eigenvalue weighted by Gasteiger charge is -2.17. The maximum atomic E-state index is 11.5. The Bertz CT molecular complexity index is 534. The van der Waals surface area contributed by atoms with Gasteiger partial charge in [0, 0.05) is 13.3 Å². The van der Waals surface area contributed by atoms with Crippen molar-refractivity contribution in [2.24, 2.45) is 11.8 Å². The molecule has 22 heavy (non-hydrogen) atoms. The third kappa shape index (κ3) is 4.58. The van der Waals surface area contributed by atoms with Crippen molar-refractivity contribution in [2.75, 3.05) is 0 Å². The van der Waals surface area contributed by atoms with Crippen LogP contribution in [0.4, 0.5) is 0 Å². The molecule has 6 heteroatoms. The van der Waals surface area contributed by atoms with Crippen LogP contribution in [0.2, 0.25) is 0 Å². The summed E-state index contributed by atoms with van der Waals surface area (Å²) < 4.78 is 3.19. The van der Waals surface area contributed by atoms with Crippen LogP contribution in [0.1, 0.15) is 58.3 Å². The number of imidazole rings is 1. The van der Waals surface area contributed by atoms with Crippen LogP contribution < -0.4 is 9.67 Å². The van der Waals surface area contributed by atoms with Crippen LogP contribution in [0.15, 0.2) is 12.5 Å². The van der Waals surface area contributed by atoms with E-state index in [4.69, 9.17) is 0 Å². The van der Waals surface area contributed by atoms with Gasteiger partial charge in [0.25, 0.3) is 0 Å². The molecule has 2 atom stereocenters. The summed E-state index contributed by atoms with van der Waals surface area (Å²) in [6.45, 7) is 9.60. The second-order valence-electron chi connectivity index (χ2n) is 6.69. The Morgan fingerprint density at radius 1 is 1.23 bits per heavy atom. The molecule has 0 fully saturated rings. The topological polar surface area (TPSA) is 86.2 Å². The van der Waals surface area contributed by atoms with E-state index in [9.17, 15) is 19.8 Å². The molecule has 0 aromatic carbocycles. The number of rotatable bonds is 8. The van der Waals surface area contributed by atoms with Crippen LogP contribution in [0.25, 0.3) is 0 Å². The number of nitrogens with zero attached hydrogens (tertiary/aromatic N) is 2. The molecule has 124 valence electrons. The number of carboxylic acids is 2. The minimum absolute atomic E-state index is 0.199. The second kappa shape index (κ2) is 7.42. The number of aryl methyl sites for hydroxylation is 1. The van der Waals surface area contributed by atoms with Crippen molar-refractivity contribution in [1.29, 1.82) is 0 Å². The number of hydrogen-bond donors (Lipinski definition) is 1. The molecule has 0 saturated carbocycles. The van der Waals surface area contributed by atoms with Crippen LogP contribution in [-0.2, 0) is 9.59 Å². The first-order valence-corrected chi connectivity index (χ1v) is 7.66. The fraction of sp³-hybridized carbons (Fsp3) is 0.688. The molecule has 1 heterocycles. The number of aromatic nitrogens is 2. The monoisotopic (exact) mass is 310 g/mol. The highest BCUT2D eigenvalue weighted by atomic mass is 16.4. The highest BCUT2D eigenvalue weighted by molar-refractivity contribution is 5.72. The van der Waals surface area contributed by atoms with Crippen molar-refractivity contribution in [2.45, 2.75) is 59.5 Å². The first-order chi connectivity index (χ1) is 10.1. The lowest BCUT2D eigenvalue weighted by atomic mass is 10.0. The van der Waals surface area contributed by atoms with Gasteiger partial charge in [0.05, 0.1) is 5.97 Å². The normalized spacial score (nSPS) is 14.3. The molecule has 0 bridgehead atoms. The smallest absolute Gasteiger partial charge is 0.349 e. The Morgan fingerprint density at radius 3 is 2.18 bits per heavy atom. The van der Waals surface area contributed by atoms with Crippen molar-refractivity contribution in [1.82, 2.24) is 4.57 Å². The average Bonchev–Trinajstić information content (AvgIpc) is 2.73. The molecule has 0 aliphatic heterocycles. The predicted molar refractivity (Wildman–Crippen MR) is 79.0 cm³/mol. The Hall–Kier alpha value is -1.85. The average molecular weight is 310 g/mol. The zero-order valence-electron chi connectivity index (χ0n) is 13.9. The van der Waals surface area contributed by atoms with Crippen molar-refractivity contribution in [3.63, 3.8) is 0 Å². The van der Waals surface area contributed by atoms with E-state index in [1.54, 1.807) is 28.6 Å². The zero-order valence-corrected chi connectivity index (χ0v) is 13.9. The van der Waals surface area contributed by atoms with Gasteiger partial charge >= 0.3 is 5.97 Å². The van der Waals surface area contributed by atoms with Crippen LogP contribution in [-0.4, -0.2) is 21.6 Å². The summed E-state index contributed by atoms with van der Waals surface area (Å²) >= 11 is 0. The van der Waals surface area contributed by atoms with Gasteiger partial charge in [0.2, 0.25) is 6.33 Å². The van der Waals surface area contributed by atoms with E-state index < -0.39 is 24.0 Å². The number of carboxylic acid groups (broad SMARTS) is 2. The molecule has 1 rings (SSSR count). The number of carbonyl (C=O) groups excluding carboxylic acids is 1. The maximum absolute atomic E-state index is 11.5. The molecule has 0 saturated heterocycles. The summed E-state index contributed by atoms with van der Waals surface area (Å²) in [6, 6.07) is -1.48. The highest BCUT2D eigenvalue weighted by Crippen LogP contribution is 2.20. The zero-order chi connectivity index (χ0) is 17.0. The molecule has 0 aliphatic carbocycles. The number of hydrogen-bond acceptors (Lipinski definition) is 3. The second-order valence-corrected chi connectivity index (χ2v) is 6.69. The summed E-state index contributed by atoms with van der Waals surface area (Å²) in [5.74, 6) is -1.63. The summed E-state index contributed by atoms with van der Waals surface area (Å²) in [6.07, 6.45) is 4.20. The van der Waals surface area contributed by atoms with Gasteiger partial charge in [-0.25, -0.2) is 13.9 Å². The number of carbonyl (C=O) groups is 2. The van der Waals surface area contributed by atoms with Crippen molar-refractivity contribution in [3.05, 3.63) is 18.2 Å². The Kier molecular flexibility index (Phi) is 6.14. The van der Waals surface area contributed by atoms with Gasteiger partial charge in [0.1, 0.15) is 17.9 Å². The summed E-state index contributed by atoms with van der Waals surface area (Å²) in [5.41, 5.74) is 0.725. The maximum Gasteiger partial charge on any atom is 0.349 e. The van der Waals surface area contributed by atoms with E-state index in [1.165, 1.54) is 0 Å². The Labute approximate surface area is 131 Å². The first kappa shape index (κ1) is 18.2. The van der Waals surface area contributed by atoms with Gasteiger partial charge < -0.3 is 15.0 Å². The lowest BCUT2D eigenvalue weighted by Crippen LogP contribution is -2.49. The molecule has 2 unspecified atom stereocenters. The van der Waals surface area contributed by atoms with E-state index in [1.807, 2.05) is 27.7 Å². The molecule has 0 spiro atoms. The van der Waals surface area contributed by atoms with Gasteiger partial charge in [-0.2, -0.15) is 0 Å². The van der Waals surface area contributed by atoms with Crippen LogP contribution in [0.5, 0.6) is 0 Å². The summed E-state index contributed by atoms with van der Waals surface area (Å²) in [7, 11) is 0. The SMILES string of the molecule is Cc1c[n+](C(CC(C)C)C(=O)[O-])cn1C(CC(C)C)C(=O)O. The van der Waals surface area contributed by atoms with Crippen LogP contribution in [0, 0.1) is 18.8 Å². The van der Waals surface area contributed by atoms with Crippen molar-refractivity contribution in [3.8, 4) is 0 Å². The standard InChI is InChI=1S/C16H26N2O4/c1-10(2)6-13(15(19)20)17-8-12(5)18(9-17)14(16(21)22)7-11(3)4/h8-11,13-14H,6-7H2,1-5H3,(H-,19,20,21,22). The van der Waals surface area contributed by atoms with Crippen molar-refractivity contribution < 1.29 is 24.4 Å². The predicted octanol–water partition coefficient (Wildman–Crippen LogP) is 1.09. The molecule has 0 radical (unpaired) electrons. The van der Waals surface area contributed by atoms with Gasteiger partial charge in [-0.1, -0.05) is 27.7 Å². The fourth-order valence-electron chi connectivity index (χ4n) is 2.61. The molecule has 0 amide bonds. The minimum Gasteiger partial charge on any atom is -0.546 e. The van der Waals surface area contributed by atoms with Crippen LogP contribution >= 0.6 is 0 Å². The lowest BCUT2D eigenvalue weighted by molar-refractivity contribution is -0.717. The van der Waals surface area contributed by atoms with Gasteiger partial charge in [-0.15, -0.1) is 0 Å². The molecular weight excluding hydrogens is 284 g/mol. The Morgan fingerprint density at radius 2 is 1.77 bits per heavy atom. The highest BCUT2D eigenvalue weighted by Gasteiger charge is 2.30. The third-order valence-corrected chi connectivity index (χ3v) is 3.64. The van der Waals surface area contributed by atoms with E-state index in [-0.39, 0.29) is 11.8 Å². The van der Waals surface area contributed by atoms with E-state index >= 15 is 0 Å². The molecule has 1 aromatic rings. The van der Waals surface area contributed by atoms with Crippen LogP contribution in [0.3, 0.4) is 0 Å². The third-order valence-electron chi connectivity index (χ3n) is 3.64. The quantitative estimate of drug-likeness (QED) is 0.728. The van der Waals surface area contributed by atoms with Gasteiger partial charge in [-0.3, -0.25) is 0 Å². The largest absolute Gasteiger partial charge is 0.546 e. The molecule has 6 nitrogen and oxygen atoms in total. The molecule has 0 aliphatic rings. The van der Waals surface area contributed by atoms with Gasteiger partial charge in [0.15, 0.2) is 6.04 Å².